The highest BCUT2D eigenvalue weighted by Crippen LogP contribution is 2.40. The van der Waals surface area contributed by atoms with Gasteiger partial charge in [0.05, 0.1) is 20.8 Å². The van der Waals surface area contributed by atoms with Gasteiger partial charge in [0.15, 0.2) is 5.82 Å². The summed E-state index contributed by atoms with van der Waals surface area (Å²) in [5.74, 6) is -0.0277. The van der Waals surface area contributed by atoms with Gasteiger partial charge < -0.3 is 9.47 Å². The zero-order valence-corrected chi connectivity index (χ0v) is 19.8. The molecule has 0 unspecified atom stereocenters. The molecule has 2 amide bonds. The molecule has 8 nitrogen and oxygen atoms in total. The maximum absolute atomic E-state index is 13.1. The molecule has 4 aromatic rings. The Morgan fingerprint density at radius 2 is 1.37 bits per heavy atom. The van der Waals surface area contributed by atoms with E-state index < -0.39 is 12.2 Å². The third-order valence-corrected chi connectivity index (χ3v) is 5.93. The van der Waals surface area contributed by atoms with Gasteiger partial charge in [-0.15, -0.1) is 0 Å². The third-order valence-electron chi connectivity index (χ3n) is 4.64. The van der Waals surface area contributed by atoms with Crippen LogP contribution in [0.4, 0.5) is 15.4 Å². The van der Waals surface area contributed by atoms with E-state index in [-0.39, 0.29) is 49.2 Å². The second-order valence-electron chi connectivity index (χ2n) is 6.83. The van der Waals surface area contributed by atoms with Crippen LogP contribution in [0.25, 0.3) is 11.3 Å². The van der Waals surface area contributed by atoms with E-state index in [0.29, 0.717) is 4.90 Å². The number of nitrogens with one attached hydrogen (secondary N) is 1. The summed E-state index contributed by atoms with van der Waals surface area (Å²) in [5, 5.41) is 16.9. The van der Waals surface area contributed by atoms with Crippen LogP contribution >= 0.6 is 34.8 Å². The standard InChI is InChI=1S/C24H13Cl3N4O4/c25-18-12-11-16(19(26)20(18)27)21-17(13-28)22(30-29-21)31(23(32)34-14-7-3-1-4-8-14)24(33)35-15-9-5-2-6-10-15/h1-12H,(H,29,30). The van der Waals surface area contributed by atoms with Gasteiger partial charge in [-0.05, 0) is 36.4 Å². The number of imide groups is 1. The topological polar surface area (TPSA) is 108 Å². The Morgan fingerprint density at radius 3 is 1.89 bits per heavy atom. The Balaban J connectivity index is 1.78. The van der Waals surface area contributed by atoms with Crippen LogP contribution in [0, 0.1) is 11.3 Å². The van der Waals surface area contributed by atoms with E-state index in [1.54, 1.807) is 36.4 Å². The number of nitriles is 1. The van der Waals surface area contributed by atoms with Crippen LogP contribution in [0.2, 0.25) is 15.1 Å². The second kappa shape index (κ2) is 10.5. The lowest BCUT2D eigenvalue weighted by molar-refractivity contribution is 0.190. The predicted octanol–water partition coefficient (Wildman–Crippen LogP) is 7.11. The number of para-hydroxylation sites is 2. The number of nitrogens with zero attached hydrogens (tertiary/aromatic N) is 3. The fraction of sp³-hybridized carbons (Fsp3) is 0. The number of carbonyl (C=O) groups is 2. The number of halogens is 3. The average molecular weight is 528 g/mol. The number of benzene rings is 3. The van der Waals surface area contributed by atoms with Crippen molar-refractivity contribution in [3.63, 3.8) is 0 Å². The minimum atomic E-state index is -1.15. The molecule has 0 spiro atoms. The fourth-order valence-corrected chi connectivity index (χ4v) is 3.66. The summed E-state index contributed by atoms with van der Waals surface area (Å²) >= 11 is 18.5. The number of hydrogen-bond acceptors (Lipinski definition) is 6. The number of anilines is 1. The largest absolute Gasteiger partial charge is 0.430 e. The molecule has 0 saturated carbocycles. The molecule has 1 heterocycles. The molecule has 1 aromatic heterocycles. The fourth-order valence-electron chi connectivity index (χ4n) is 3.03. The number of aromatic amines is 1. The molecule has 0 atom stereocenters. The molecule has 0 aliphatic heterocycles. The number of hydrogen-bond donors (Lipinski definition) is 1. The summed E-state index contributed by atoms with van der Waals surface area (Å²) in [6.45, 7) is 0. The van der Waals surface area contributed by atoms with Crippen molar-refractivity contribution in [2.45, 2.75) is 0 Å². The molecule has 35 heavy (non-hydrogen) atoms. The Hall–Kier alpha value is -4.03. The molecule has 3 aromatic carbocycles. The first-order valence-corrected chi connectivity index (χ1v) is 11.0. The van der Waals surface area contributed by atoms with Crippen LogP contribution in [0.5, 0.6) is 11.5 Å². The summed E-state index contributed by atoms with van der Waals surface area (Å²) < 4.78 is 10.6. The Bertz CT molecular complexity index is 1380. The summed E-state index contributed by atoms with van der Waals surface area (Å²) in [6, 6.07) is 21.1. The highest BCUT2D eigenvalue weighted by atomic mass is 35.5. The molecule has 0 fully saturated rings. The number of amides is 2. The zero-order chi connectivity index (χ0) is 24.9. The van der Waals surface area contributed by atoms with E-state index in [0.717, 1.165) is 0 Å². The Kier molecular flexibility index (Phi) is 7.22. The molecular formula is C24H13Cl3N4O4. The molecular weight excluding hydrogens is 515 g/mol. The summed E-state index contributed by atoms with van der Waals surface area (Å²) in [7, 11) is 0. The van der Waals surface area contributed by atoms with E-state index in [1.807, 2.05) is 6.07 Å². The third kappa shape index (κ3) is 5.08. The summed E-state index contributed by atoms with van der Waals surface area (Å²) in [4.78, 5) is 26.7. The molecule has 0 radical (unpaired) electrons. The lowest BCUT2D eigenvalue weighted by Gasteiger charge is -2.18. The average Bonchev–Trinajstić information content (AvgIpc) is 3.27. The number of H-pyrrole nitrogens is 1. The van der Waals surface area contributed by atoms with Gasteiger partial charge in [0, 0.05) is 5.56 Å². The molecule has 4 rings (SSSR count). The minimum Gasteiger partial charge on any atom is -0.410 e. The Morgan fingerprint density at radius 1 is 0.829 bits per heavy atom. The van der Waals surface area contributed by atoms with Gasteiger partial charge in [0.2, 0.25) is 0 Å². The van der Waals surface area contributed by atoms with Gasteiger partial charge in [-0.2, -0.15) is 15.3 Å². The van der Waals surface area contributed by atoms with Crippen LogP contribution in [-0.4, -0.2) is 22.4 Å². The van der Waals surface area contributed by atoms with Gasteiger partial charge in [-0.25, -0.2) is 9.59 Å². The van der Waals surface area contributed by atoms with E-state index >= 15 is 0 Å². The zero-order valence-electron chi connectivity index (χ0n) is 17.5. The van der Waals surface area contributed by atoms with E-state index in [9.17, 15) is 14.9 Å². The van der Waals surface area contributed by atoms with Gasteiger partial charge in [0.25, 0.3) is 0 Å². The van der Waals surface area contributed by atoms with Crippen LogP contribution in [0.15, 0.2) is 72.8 Å². The quantitative estimate of drug-likeness (QED) is 0.283. The molecule has 11 heteroatoms. The SMILES string of the molecule is N#Cc1c(N(C(=O)Oc2ccccc2)C(=O)Oc2ccccc2)n[nH]c1-c1ccc(Cl)c(Cl)c1Cl. The van der Waals surface area contributed by atoms with Crippen molar-refractivity contribution in [1.29, 1.82) is 5.26 Å². The minimum absolute atomic E-state index is 0.0520. The number of ether oxygens (including phenoxy) is 2. The van der Waals surface area contributed by atoms with Crippen molar-refractivity contribution in [1.82, 2.24) is 10.2 Å². The van der Waals surface area contributed by atoms with Gasteiger partial charge in [0.1, 0.15) is 23.1 Å². The maximum atomic E-state index is 13.1. The van der Waals surface area contributed by atoms with Crippen LogP contribution in [0.3, 0.4) is 0 Å². The molecule has 1 N–H and O–H groups in total. The van der Waals surface area contributed by atoms with Crippen molar-refractivity contribution in [3.05, 3.63) is 93.4 Å². The first kappa shape index (κ1) is 24.1. The van der Waals surface area contributed by atoms with Gasteiger partial charge in [-0.1, -0.05) is 71.2 Å². The first-order valence-electron chi connectivity index (χ1n) is 9.87. The lowest BCUT2D eigenvalue weighted by Crippen LogP contribution is -2.41. The summed E-state index contributed by atoms with van der Waals surface area (Å²) in [5.41, 5.74) is 0.209. The van der Waals surface area contributed by atoms with Crippen LogP contribution < -0.4 is 14.4 Å². The van der Waals surface area contributed by atoms with Crippen LogP contribution in [-0.2, 0) is 0 Å². The molecule has 0 saturated heterocycles. The van der Waals surface area contributed by atoms with E-state index in [4.69, 9.17) is 44.3 Å². The lowest BCUT2D eigenvalue weighted by atomic mass is 10.1. The normalized spacial score (nSPS) is 10.3. The van der Waals surface area contributed by atoms with Crippen LogP contribution in [0.1, 0.15) is 5.56 Å². The molecule has 0 aliphatic carbocycles. The monoisotopic (exact) mass is 526 g/mol. The molecule has 174 valence electrons. The summed E-state index contributed by atoms with van der Waals surface area (Å²) in [6.07, 6.45) is -2.29. The van der Waals surface area contributed by atoms with E-state index in [2.05, 4.69) is 10.2 Å². The van der Waals surface area contributed by atoms with Crippen molar-refractivity contribution in [3.8, 4) is 28.8 Å². The van der Waals surface area contributed by atoms with Crippen molar-refractivity contribution >= 4 is 52.8 Å². The smallest absolute Gasteiger partial charge is 0.410 e. The van der Waals surface area contributed by atoms with Crippen molar-refractivity contribution in [2.24, 2.45) is 0 Å². The van der Waals surface area contributed by atoms with Gasteiger partial charge in [-0.3, -0.25) is 5.10 Å². The number of carbonyl (C=O) groups excluding carboxylic acids is 2. The van der Waals surface area contributed by atoms with E-state index in [1.165, 1.54) is 36.4 Å². The van der Waals surface area contributed by atoms with Gasteiger partial charge >= 0.3 is 12.2 Å². The molecule has 0 aliphatic rings. The maximum Gasteiger partial charge on any atom is 0.430 e. The highest BCUT2D eigenvalue weighted by molar-refractivity contribution is 6.49. The van der Waals surface area contributed by atoms with Crippen molar-refractivity contribution in [2.75, 3.05) is 4.90 Å². The van der Waals surface area contributed by atoms with Crippen molar-refractivity contribution < 1.29 is 19.1 Å². The predicted molar refractivity (Wildman–Crippen MR) is 131 cm³/mol. The second-order valence-corrected chi connectivity index (χ2v) is 7.99. The number of aromatic nitrogens is 2. The Labute approximate surface area is 214 Å². The molecule has 0 bridgehead atoms. The highest BCUT2D eigenvalue weighted by Gasteiger charge is 2.34. The first-order chi connectivity index (χ1) is 16.9. The number of rotatable bonds is 4.